The van der Waals surface area contributed by atoms with E-state index in [1.165, 1.54) is 72.0 Å². The molecule has 1 aliphatic rings. The maximum Gasteiger partial charge on any atom is 0.407 e. The number of ether oxygens (including phenoxy) is 3. The summed E-state index contributed by atoms with van der Waals surface area (Å²) in [5.41, 5.74) is 3.98. The number of carbonyl (C=O) groups is 5. The fourth-order valence-electron chi connectivity index (χ4n) is 7.91. The average Bonchev–Trinajstić information content (AvgIpc) is 3.23. The van der Waals surface area contributed by atoms with Gasteiger partial charge in [-0.15, -0.1) is 0 Å². The standard InChI is InChI=1S/C47H81N5O8/c1-8-9-10-11-12-13-14-15-16-17-18-19-26-31-41(53)60-40(39(32-37-27-22-20-23-28-37)48-44(54)42(35(2)3)49-46(56)58-6)34-52(33-38-29-24-21-25-30-38)51-45(55)43(36(4)5)50-47(57)59-7/h20,22-23,27-28,35-36,38-40,42-43H,8-19,21,24-26,29-34H2,1-7H3,(H,48,54)(H,49,56)(H,50,57)(H,51,55)/t39?,40?,42-,43-/m0/s1. The number of hydrazine groups is 1. The molecule has 2 rings (SSSR count). The quantitative estimate of drug-likeness (QED) is 0.0257. The number of rotatable bonds is 30. The molecule has 0 heterocycles. The first kappa shape index (κ1) is 52.3. The van der Waals surface area contributed by atoms with Crippen molar-refractivity contribution >= 4 is 30.0 Å². The number of methoxy groups -OCH3 is 2. The van der Waals surface area contributed by atoms with Crippen LogP contribution in [0.15, 0.2) is 30.3 Å². The second-order valence-corrected chi connectivity index (χ2v) is 17.4. The number of nitrogens with one attached hydrogen (secondary N) is 4. The van der Waals surface area contributed by atoms with Gasteiger partial charge >= 0.3 is 18.2 Å². The number of alkyl carbamates (subject to hydrolysis) is 2. The molecule has 13 nitrogen and oxygen atoms in total. The van der Waals surface area contributed by atoms with E-state index in [1.807, 2.05) is 58.0 Å². The molecule has 0 bridgehead atoms. The summed E-state index contributed by atoms with van der Waals surface area (Å²) in [6.45, 7) is 10.1. The molecule has 2 unspecified atom stereocenters. The highest BCUT2D eigenvalue weighted by atomic mass is 16.5. The van der Waals surface area contributed by atoms with E-state index >= 15 is 0 Å². The van der Waals surface area contributed by atoms with Gasteiger partial charge in [-0.25, -0.2) is 14.6 Å². The molecular formula is C47H81N5O8. The van der Waals surface area contributed by atoms with Crippen molar-refractivity contribution in [2.24, 2.45) is 17.8 Å². The lowest BCUT2D eigenvalue weighted by atomic mass is 9.89. The maximum atomic E-state index is 14.1. The van der Waals surface area contributed by atoms with Gasteiger partial charge in [0, 0.05) is 13.0 Å². The van der Waals surface area contributed by atoms with Crippen molar-refractivity contribution in [3.63, 3.8) is 0 Å². The second kappa shape index (κ2) is 31.0. The summed E-state index contributed by atoms with van der Waals surface area (Å²) in [7, 11) is 2.50. The molecule has 1 saturated carbocycles. The summed E-state index contributed by atoms with van der Waals surface area (Å²) >= 11 is 0. The third kappa shape index (κ3) is 22.1. The van der Waals surface area contributed by atoms with Crippen LogP contribution in [0.5, 0.6) is 0 Å². The Bertz CT molecular complexity index is 1360. The fraction of sp³-hybridized carbons (Fsp3) is 0.766. The van der Waals surface area contributed by atoms with Gasteiger partial charge in [0.2, 0.25) is 5.91 Å². The summed E-state index contributed by atoms with van der Waals surface area (Å²) in [5, 5.41) is 10.2. The molecule has 0 radical (unpaired) electrons. The van der Waals surface area contributed by atoms with Crippen molar-refractivity contribution in [2.45, 2.75) is 187 Å². The Labute approximate surface area is 361 Å². The largest absolute Gasteiger partial charge is 0.459 e. The van der Waals surface area contributed by atoms with Crippen LogP contribution < -0.4 is 21.4 Å². The molecule has 4 N–H and O–H groups in total. The summed E-state index contributed by atoms with van der Waals surface area (Å²) in [5.74, 6) is -1.50. The van der Waals surface area contributed by atoms with E-state index in [9.17, 15) is 24.0 Å². The topological polar surface area (TPSA) is 164 Å². The number of hydrogen-bond acceptors (Lipinski definition) is 9. The lowest BCUT2D eigenvalue weighted by Crippen LogP contribution is -2.60. The number of amides is 4. The van der Waals surface area contributed by atoms with Crippen molar-refractivity contribution < 1.29 is 38.2 Å². The Hall–Kier alpha value is -3.87. The van der Waals surface area contributed by atoms with Gasteiger partial charge in [-0.05, 0) is 49.0 Å². The van der Waals surface area contributed by atoms with Crippen LogP contribution in [-0.4, -0.2) is 86.5 Å². The van der Waals surface area contributed by atoms with E-state index in [0.29, 0.717) is 19.4 Å². The zero-order valence-electron chi connectivity index (χ0n) is 38.2. The lowest BCUT2D eigenvalue weighted by molar-refractivity contribution is -0.154. The molecule has 0 spiro atoms. The van der Waals surface area contributed by atoms with Crippen LogP contribution in [0.25, 0.3) is 0 Å². The number of unbranched alkanes of at least 4 members (excludes halogenated alkanes) is 12. The molecule has 1 aromatic rings. The molecule has 1 aromatic carbocycles. The van der Waals surface area contributed by atoms with Crippen molar-refractivity contribution in [3.8, 4) is 0 Å². The smallest absolute Gasteiger partial charge is 0.407 e. The molecule has 60 heavy (non-hydrogen) atoms. The fourth-order valence-corrected chi connectivity index (χ4v) is 7.91. The molecule has 0 aliphatic heterocycles. The van der Waals surface area contributed by atoms with Crippen molar-refractivity contribution in [1.82, 2.24) is 26.4 Å². The highest BCUT2D eigenvalue weighted by molar-refractivity contribution is 5.86. The number of esters is 1. The summed E-state index contributed by atoms with van der Waals surface area (Å²) in [4.78, 5) is 66.4. The molecule has 4 atom stereocenters. The monoisotopic (exact) mass is 844 g/mol. The maximum absolute atomic E-state index is 14.1. The number of carbonyl (C=O) groups excluding carboxylic acids is 5. The number of nitrogens with zero attached hydrogens (tertiary/aromatic N) is 1. The highest BCUT2D eigenvalue weighted by Gasteiger charge is 2.35. The zero-order valence-corrected chi connectivity index (χ0v) is 38.2. The minimum Gasteiger partial charge on any atom is -0.459 e. The highest BCUT2D eigenvalue weighted by Crippen LogP contribution is 2.25. The molecule has 1 aliphatic carbocycles. The number of hydrogen-bond donors (Lipinski definition) is 4. The van der Waals surface area contributed by atoms with Crippen LogP contribution in [0, 0.1) is 17.8 Å². The molecular weight excluding hydrogens is 763 g/mol. The summed E-state index contributed by atoms with van der Waals surface area (Å²) < 4.78 is 16.0. The predicted octanol–water partition coefficient (Wildman–Crippen LogP) is 8.78. The van der Waals surface area contributed by atoms with E-state index in [2.05, 4.69) is 28.3 Å². The second-order valence-electron chi connectivity index (χ2n) is 17.4. The first-order valence-electron chi connectivity index (χ1n) is 23.2. The summed E-state index contributed by atoms with van der Waals surface area (Å²) in [6, 6.07) is 7.08. The zero-order chi connectivity index (χ0) is 44.1. The SMILES string of the molecule is CCCCCCCCCCCCCCCC(=O)OC(CN(CC1CCCCC1)NC(=O)[C@@H](NC(=O)OC)C(C)C)C(Cc1ccccc1)NC(=O)[C@@H](NC(=O)OC)C(C)C. The van der Waals surface area contributed by atoms with Crippen LogP contribution in [0.4, 0.5) is 9.59 Å². The first-order valence-corrected chi connectivity index (χ1v) is 23.2. The van der Waals surface area contributed by atoms with Crippen LogP contribution in [0.2, 0.25) is 0 Å². The average molecular weight is 844 g/mol. The first-order chi connectivity index (χ1) is 28.9. The van der Waals surface area contributed by atoms with Crippen LogP contribution in [-0.2, 0) is 35.0 Å². The van der Waals surface area contributed by atoms with Crippen molar-refractivity contribution in [3.05, 3.63) is 35.9 Å². The van der Waals surface area contributed by atoms with Gasteiger partial charge in [-0.3, -0.25) is 19.8 Å². The Morgan fingerprint density at radius 1 is 0.667 bits per heavy atom. The van der Waals surface area contributed by atoms with Gasteiger partial charge < -0.3 is 30.2 Å². The van der Waals surface area contributed by atoms with Crippen LogP contribution in [0.3, 0.4) is 0 Å². The normalized spacial score (nSPS) is 15.2. The third-order valence-corrected chi connectivity index (χ3v) is 11.5. The molecule has 13 heteroatoms. The predicted molar refractivity (Wildman–Crippen MR) is 237 cm³/mol. The Kier molecular flexibility index (Phi) is 27.0. The van der Waals surface area contributed by atoms with Gasteiger partial charge in [-0.1, -0.05) is 161 Å². The van der Waals surface area contributed by atoms with E-state index in [4.69, 9.17) is 14.2 Å². The lowest BCUT2D eigenvalue weighted by Gasteiger charge is -2.36. The van der Waals surface area contributed by atoms with E-state index in [-0.39, 0.29) is 36.7 Å². The Morgan fingerprint density at radius 2 is 1.17 bits per heavy atom. The molecule has 4 amide bonds. The van der Waals surface area contributed by atoms with Gasteiger partial charge in [0.25, 0.3) is 5.91 Å². The van der Waals surface area contributed by atoms with Gasteiger partial charge in [-0.2, -0.15) is 0 Å². The molecule has 1 fully saturated rings. The van der Waals surface area contributed by atoms with Crippen molar-refractivity contribution in [2.75, 3.05) is 27.3 Å². The van der Waals surface area contributed by atoms with E-state index in [1.54, 1.807) is 5.01 Å². The minimum atomic E-state index is -0.924. The van der Waals surface area contributed by atoms with Gasteiger partial charge in [0.05, 0.1) is 26.8 Å². The molecule has 342 valence electrons. The van der Waals surface area contributed by atoms with Gasteiger partial charge in [0.15, 0.2) is 0 Å². The Morgan fingerprint density at radius 3 is 1.67 bits per heavy atom. The minimum absolute atomic E-state index is 0.0736. The van der Waals surface area contributed by atoms with Crippen molar-refractivity contribution in [1.29, 1.82) is 0 Å². The molecule has 0 saturated heterocycles. The van der Waals surface area contributed by atoms with Crippen LogP contribution >= 0.6 is 0 Å². The van der Waals surface area contributed by atoms with Gasteiger partial charge in [0.1, 0.15) is 18.2 Å². The number of benzene rings is 1. The summed E-state index contributed by atoms with van der Waals surface area (Å²) in [6.07, 6.45) is 19.0. The Balaban J connectivity index is 2.34. The van der Waals surface area contributed by atoms with E-state index in [0.717, 1.165) is 56.9 Å². The van der Waals surface area contributed by atoms with Crippen LogP contribution in [0.1, 0.15) is 162 Å². The van der Waals surface area contributed by atoms with E-state index < -0.39 is 48.2 Å². The third-order valence-electron chi connectivity index (χ3n) is 11.5. The molecule has 0 aromatic heterocycles.